The maximum absolute atomic E-state index is 12.3. The molecule has 2 N–H and O–H groups in total. The number of benzene rings is 1. The minimum atomic E-state index is -0.209. The lowest BCUT2D eigenvalue weighted by Crippen LogP contribution is -2.37. The number of carbonyl (C=O) groups is 1. The lowest BCUT2D eigenvalue weighted by Gasteiger charge is -2.20. The molecule has 1 aromatic carbocycles. The lowest BCUT2D eigenvalue weighted by atomic mass is 10.00. The van der Waals surface area contributed by atoms with Crippen molar-refractivity contribution in [2.45, 2.75) is 19.5 Å². The minimum absolute atomic E-state index is 0.188. The van der Waals surface area contributed by atoms with Gasteiger partial charge in [-0.15, -0.1) is 11.3 Å². The second kappa shape index (κ2) is 7.75. The predicted octanol–water partition coefficient (Wildman–Crippen LogP) is 4.04. The van der Waals surface area contributed by atoms with Crippen molar-refractivity contribution in [3.63, 3.8) is 0 Å². The highest BCUT2D eigenvalue weighted by molar-refractivity contribution is 7.11. The second-order valence-electron chi connectivity index (χ2n) is 5.46. The Morgan fingerprint density at radius 1 is 1.04 bits per heavy atom. The van der Waals surface area contributed by atoms with Crippen LogP contribution in [0.2, 0.25) is 0 Å². The highest BCUT2D eigenvalue weighted by Gasteiger charge is 2.16. The number of amides is 2. The Morgan fingerprint density at radius 3 is 2.42 bits per heavy atom. The van der Waals surface area contributed by atoms with Crippen LogP contribution in [0.5, 0.6) is 0 Å². The Balaban J connectivity index is 1.71. The number of aryl methyl sites for hydroxylation is 1. The summed E-state index contributed by atoms with van der Waals surface area (Å²) in [5.74, 6) is 0. The van der Waals surface area contributed by atoms with Crippen LogP contribution in [0.25, 0.3) is 0 Å². The molecule has 2 aromatic heterocycles. The molecule has 0 saturated carbocycles. The number of nitrogens with zero attached hydrogens (tertiary/aromatic N) is 1. The van der Waals surface area contributed by atoms with E-state index in [2.05, 4.69) is 28.6 Å². The zero-order valence-electron chi connectivity index (χ0n) is 13.4. The number of pyridine rings is 1. The van der Waals surface area contributed by atoms with Gasteiger partial charge in [0.2, 0.25) is 0 Å². The molecule has 2 heterocycles. The monoisotopic (exact) mass is 337 g/mol. The fourth-order valence-corrected chi connectivity index (χ4v) is 3.32. The zero-order chi connectivity index (χ0) is 16.8. The SMILES string of the molecule is Cc1ccc(CNC(=O)N[C@H](c2ccccc2)c2ccncc2)s1. The minimum Gasteiger partial charge on any atom is -0.333 e. The third-order valence-corrected chi connectivity index (χ3v) is 4.67. The standard InChI is InChI=1S/C19H19N3OS/c1-14-7-8-17(24-14)13-21-19(23)22-18(15-5-3-2-4-6-15)16-9-11-20-12-10-16/h2-12,18H,13H2,1H3,(H2,21,22,23)/t18-/m1/s1. The van der Waals surface area contributed by atoms with Crippen molar-refractivity contribution in [2.75, 3.05) is 0 Å². The smallest absolute Gasteiger partial charge is 0.315 e. The molecular formula is C19H19N3OS. The van der Waals surface area contributed by atoms with Crippen LogP contribution in [-0.4, -0.2) is 11.0 Å². The van der Waals surface area contributed by atoms with E-state index in [1.165, 1.54) is 4.88 Å². The van der Waals surface area contributed by atoms with Crippen LogP contribution in [0.3, 0.4) is 0 Å². The molecule has 4 nitrogen and oxygen atoms in total. The van der Waals surface area contributed by atoms with E-state index in [1.807, 2.05) is 48.5 Å². The fourth-order valence-electron chi connectivity index (χ4n) is 2.49. The summed E-state index contributed by atoms with van der Waals surface area (Å²) in [4.78, 5) is 18.8. The molecule has 0 aliphatic carbocycles. The van der Waals surface area contributed by atoms with E-state index in [1.54, 1.807) is 23.7 Å². The molecule has 0 radical (unpaired) electrons. The van der Waals surface area contributed by atoms with Crippen LogP contribution >= 0.6 is 11.3 Å². The molecular weight excluding hydrogens is 318 g/mol. The van der Waals surface area contributed by atoms with Crippen LogP contribution in [0.15, 0.2) is 67.0 Å². The van der Waals surface area contributed by atoms with Gasteiger partial charge in [-0.05, 0) is 42.3 Å². The third-order valence-electron chi connectivity index (χ3n) is 3.67. The van der Waals surface area contributed by atoms with E-state index in [-0.39, 0.29) is 12.1 Å². The van der Waals surface area contributed by atoms with Crippen molar-refractivity contribution < 1.29 is 4.79 Å². The third kappa shape index (κ3) is 4.20. The second-order valence-corrected chi connectivity index (χ2v) is 6.84. The van der Waals surface area contributed by atoms with E-state index >= 15 is 0 Å². The molecule has 0 aliphatic rings. The van der Waals surface area contributed by atoms with E-state index in [9.17, 15) is 4.79 Å². The quantitative estimate of drug-likeness (QED) is 0.738. The van der Waals surface area contributed by atoms with Crippen LogP contribution in [0.4, 0.5) is 4.79 Å². The first kappa shape index (κ1) is 16.2. The Bertz CT molecular complexity index is 747. The maximum Gasteiger partial charge on any atom is 0.315 e. The van der Waals surface area contributed by atoms with Gasteiger partial charge in [0.25, 0.3) is 0 Å². The van der Waals surface area contributed by atoms with Crippen LogP contribution < -0.4 is 10.6 Å². The molecule has 0 bridgehead atoms. The number of thiophene rings is 1. The molecule has 5 heteroatoms. The van der Waals surface area contributed by atoms with Crippen LogP contribution in [0, 0.1) is 6.92 Å². The van der Waals surface area contributed by atoms with Gasteiger partial charge >= 0.3 is 6.03 Å². The highest BCUT2D eigenvalue weighted by Crippen LogP contribution is 2.21. The molecule has 0 saturated heterocycles. The normalized spacial score (nSPS) is 11.7. The highest BCUT2D eigenvalue weighted by atomic mass is 32.1. The van der Waals surface area contributed by atoms with Gasteiger partial charge in [0.05, 0.1) is 12.6 Å². The van der Waals surface area contributed by atoms with Crippen molar-refractivity contribution in [3.8, 4) is 0 Å². The number of nitrogens with one attached hydrogen (secondary N) is 2. The summed E-state index contributed by atoms with van der Waals surface area (Å²) in [5.41, 5.74) is 2.03. The van der Waals surface area contributed by atoms with Crippen molar-refractivity contribution in [1.82, 2.24) is 15.6 Å². The van der Waals surface area contributed by atoms with Gasteiger partial charge in [-0.2, -0.15) is 0 Å². The summed E-state index contributed by atoms with van der Waals surface area (Å²) in [6, 6.07) is 17.5. The van der Waals surface area contributed by atoms with Gasteiger partial charge in [0.1, 0.15) is 0 Å². The number of urea groups is 1. The van der Waals surface area contributed by atoms with E-state index in [0.717, 1.165) is 16.0 Å². The zero-order valence-corrected chi connectivity index (χ0v) is 14.2. The summed E-state index contributed by atoms with van der Waals surface area (Å²) >= 11 is 1.69. The number of carbonyl (C=O) groups excluding carboxylic acids is 1. The first-order chi connectivity index (χ1) is 11.7. The molecule has 0 spiro atoms. The van der Waals surface area contributed by atoms with E-state index < -0.39 is 0 Å². The number of aromatic nitrogens is 1. The molecule has 0 aliphatic heterocycles. The van der Waals surface area contributed by atoms with Crippen molar-refractivity contribution in [2.24, 2.45) is 0 Å². The molecule has 0 unspecified atom stereocenters. The lowest BCUT2D eigenvalue weighted by molar-refractivity contribution is 0.238. The van der Waals surface area contributed by atoms with Crippen LogP contribution in [0.1, 0.15) is 26.9 Å². The van der Waals surface area contributed by atoms with Gasteiger partial charge in [-0.3, -0.25) is 4.98 Å². The molecule has 24 heavy (non-hydrogen) atoms. The largest absolute Gasteiger partial charge is 0.333 e. The molecule has 122 valence electrons. The van der Waals surface area contributed by atoms with Crippen molar-refractivity contribution in [3.05, 3.63) is 87.9 Å². The summed E-state index contributed by atoms with van der Waals surface area (Å²) in [6.45, 7) is 2.59. The Labute approximate surface area is 145 Å². The van der Waals surface area contributed by atoms with Gasteiger partial charge < -0.3 is 10.6 Å². The predicted molar refractivity (Wildman–Crippen MR) is 96.9 cm³/mol. The molecule has 2 amide bonds. The van der Waals surface area contributed by atoms with E-state index in [4.69, 9.17) is 0 Å². The Hall–Kier alpha value is -2.66. The van der Waals surface area contributed by atoms with Gasteiger partial charge in [0, 0.05) is 22.1 Å². The van der Waals surface area contributed by atoms with Crippen molar-refractivity contribution >= 4 is 17.4 Å². The number of hydrogen-bond donors (Lipinski definition) is 2. The molecule has 3 aromatic rings. The van der Waals surface area contributed by atoms with Gasteiger partial charge in [0.15, 0.2) is 0 Å². The Morgan fingerprint density at radius 2 is 1.75 bits per heavy atom. The number of hydrogen-bond acceptors (Lipinski definition) is 3. The summed E-state index contributed by atoms with van der Waals surface area (Å²) in [5, 5.41) is 5.98. The summed E-state index contributed by atoms with van der Waals surface area (Å²) in [6.07, 6.45) is 3.47. The summed E-state index contributed by atoms with van der Waals surface area (Å²) in [7, 11) is 0. The first-order valence-electron chi connectivity index (χ1n) is 7.77. The van der Waals surface area contributed by atoms with E-state index in [0.29, 0.717) is 6.54 Å². The fraction of sp³-hybridized carbons (Fsp3) is 0.158. The first-order valence-corrected chi connectivity index (χ1v) is 8.58. The van der Waals surface area contributed by atoms with Crippen LogP contribution in [-0.2, 0) is 6.54 Å². The Kier molecular flexibility index (Phi) is 5.23. The molecule has 3 rings (SSSR count). The molecule has 0 fully saturated rings. The summed E-state index contributed by atoms with van der Waals surface area (Å²) < 4.78 is 0. The average molecular weight is 337 g/mol. The van der Waals surface area contributed by atoms with Crippen molar-refractivity contribution in [1.29, 1.82) is 0 Å². The average Bonchev–Trinajstić information content (AvgIpc) is 3.05. The van der Waals surface area contributed by atoms with Gasteiger partial charge in [-0.1, -0.05) is 30.3 Å². The maximum atomic E-state index is 12.3. The van der Waals surface area contributed by atoms with Gasteiger partial charge in [-0.25, -0.2) is 4.79 Å². The number of rotatable bonds is 5. The topological polar surface area (TPSA) is 54.0 Å². The molecule has 1 atom stereocenters.